The van der Waals surface area contributed by atoms with Crippen molar-refractivity contribution in [2.45, 2.75) is 56.5 Å². The van der Waals surface area contributed by atoms with Crippen molar-refractivity contribution in [2.24, 2.45) is 0 Å². The van der Waals surface area contributed by atoms with Gasteiger partial charge in [-0.05, 0) is 31.7 Å². The third-order valence-electron chi connectivity index (χ3n) is 8.80. The maximum absolute atomic E-state index is 14.0. The number of benzene rings is 2. The fraction of sp³-hybridized carbons (Fsp3) is 0.438. The van der Waals surface area contributed by atoms with Crippen LogP contribution in [0.25, 0.3) is 10.9 Å². The number of ketones is 1. The minimum atomic E-state index is -0.818. The van der Waals surface area contributed by atoms with Crippen molar-refractivity contribution in [2.75, 3.05) is 38.8 Å². The van der Waals surface area contributed by atoms with Gasteiger partial charge in [0.2, 0.25) is 5.91 Å². The Kier molecular flexibility index (Phi) is 7.83. The average molecular weight is 573 g/mol. The molecule has 2 saturated heterocycles. The number of para-hydroxylation sites is 1. The summed E-state index contributed by atoms with van der Waals surface area (Å²) >= 11 is 0. The molecule has 0 bridgehead atoms. The summed E-state index contributed by atoms with van der Waals surface area (Å²) in [5, 5.41) is 3.93. The predicted molar refractivity (Wildman–Crippen MR) is 158 cm³/mol. The normalized spacial score (nSPS) is 22.4. The number of Topliss-reactive ketones (excluding diaryl/α,β-unsaturated/α-hetero) is 1. The topological polar surface area (TPSA) is 110 Å². The molecule has 10 nitrogen and oxygen atoms in total. The summed E-state index contributed by atoms with van der Waals surface area (Å²) in [6, 6.07) is 15.5. The minimum absolute atomic E-state index is 0.0385. The van der Waals surface area contributed by atoms with Crippen LogP contribution in [0, 0.1) is 0 Å². The number of likely N-dealkylation sites (N-methyl/N-ethyl adjacent to an activating group) is 1. The van der Waals surface area contributed by atoms with Gasteiger partial charge in [-0.2, -0.15) is 0 Å². The zero-order chi connectivity index (χ0) is 29.4. The van der Waals surface area contributed by atoms with Crippen molar-refractivity contribution in [3.8, 4) is 0 Å². The molecule has 42 heavy (non-hydrogen) atoms. The van der Waals surface area contributed by atoms with Crippen LogP contribution in [-0.4, -0.2) is 79.1 Å². The Morgan fingerprint density at radius 2 is 1.71 bits per heavy atom. The monoisotopic (exact) mass is 572 g/mol. The highest BCUT2D eigenvalue weighted by Gasteiger charge is 2.46. The maximum Gasteiger partial charge on any atom is 0.259 e. The van der Waals surface area contributed by atoms with E-state index in [1.54, 1.807) is 31.3 Å². The van der Waals surface area contributed by atoms with E-state index in [2.05, 4.69) is 5.32 Å². The number of aromatic nitrogens is 1. The van der Waals surface area contributed by atoms with Crippen molar-refractivity contribution in [3.63, 3.8) is 0 Å². The highest BCUT2D eigenvalue weighted by Crippen LogP contribution is 2.43. The first-order valence-electron chi connectivity index (χ1n) is 14.6. The Balaban J connectivity index is 1.24. The van der Waals surface area contributed by atoms with E-state index >= 15 is 0 Å². The molecule has 3 aliphatic heterocycles. The fourth-order valence-electron chi connectivity index (χ4n) is 6.63. The molecule has 220 valence electrons. The van der Waals surface area contributed by atoms with Gasteiger partial charge in [0, 0.05) is 50.8 Å². The second-order valence-corrected chi connectivity index (χ2v) is 11.3. The van der Waals surface area contributed by atoms with Crippen molar-refractivity contribution in [1.82, 2.24) is 14.8 Å². The molecule has 3 aromatic rings. The Bertz CT molecular complexity index is 1560. The molecule has 4 heterocycles. The number of hydrogen-bond acceptors (Lipinski definition) is 7. The van der Waals surface area contributed by atoms with Gasteiger partial charge in [0.1, 0.15) is 18.2 Å². The molecule has 2 aromatic carbocycles. The number of rotatable bonds is 7. The first-order valence-corrected chi connectivity index (χ1v) is 14.6. The number of carbonyl (C=O) groups is 3. The van der Waals surface area contributed by atoms with Crippen molar-refractivity contribution >= 4 is 34.2 Å². The Hall–Kier alpha value is -4.02. The lowest BCUT2D eigenvalue weighted by atomic mass is 10.0. The molecule has 2 amide bonds. The number of nitrogens with zero attached hydrogens (tertiary/aromatic N) is 3. The molecule has 10 heteroatoms. The molecule has 0 spiro atoms. The number of ether oxygens (including phenoxy) is 2. The van der Waals surface area contributed by atoms with Crippen LogP contribution in [0.4, 0.5) is 5.69 Å². The van der Waals surface area contributed by atoms with Crippen LogP contribution in [0.15, 0.2) is 59.4 Å². The summed E-state index contributed by atoms with van der Waals surface area (Å²) in [5.41, 5.74) is 1.81. The molecule has 3 unspecified atom stereocenters. The van der Waals surface area contributed by atoms with Crippen LogP contribution >= 0.6 is 0 Å². The van der Waals surface area contributed by atoms with E-state index < -0.39 is 12.1 Å². The molecule has 1 N–H and O–H groups in total. The number of methoxy groups -OCH3 is 1. The first kappa shape index (κ1) is 28.1. The maximum atomic E-state index is 14.0. The zero-order valence-electron chi connectivity index (χ0n) is 24.0. The van der Waals surface area contributed by atoms with Gasteiger partial charge in [-0.15, -0.1) is 0 Å². The van der Waals surface area contributed by atoms with Crippen molar-refractivity contribution < 1.29 is 23.9 Å². The van der Waals surface area contributed by atoms with Gasteiger partial charge in [-0.3, -0.25) is 23.7 Å². The Morgan fingerprint density at radius 3 is 2.40 bits per heavy atom. The van der Waals surface area contributed by atoms with Gasteiger partial charge >= 0.3 is 0 Å². The molecule has 0 radical (unpaired) electrons. The number of piperidine rings is 1. The zero-order valence-corrected chi connectivity index (χ0v) is 24.0. The minimum Gasteiger partial charge on any atom is -0.374 e. The van der Waals surface area contributed by atoms with Gasteiger partial charge in [0.25, 0.3) is 11.5 Å². The number of anilines is 1. The molecular weight excluding hydrogens is 536 g/mol. The van der Waals surface area contributed by atoms with Gasteiger partial charge in [0.15, 0.2) is 5.78 Å². The molecule has 3 aliphatic rings. The number of carbonyl (C=O) groups excluding carboxylic acids is 3. The van der Waals surface area contributed by atoms with Crippen molar-refractivity contribution in [1.29, 1.82) is 0 Å². The highest BCUT2D eigenvalue weighted by atomic mass is 16.5. The lowest BCUT2D eigenvalue weighted by Gasteiger charge is -2.35. The number of amides is 2. The summed E-state index contributed by atoms with van der Waals surface area (Å²) in [6.07, 6.45) is 1.79. The van der Waals surface area contributed by atoms with E-state index in [1.807, 2.05) is 40.1 Å². The van der Waals surface area contributed by atoms with E-state index in [0.717, 1.165) is 18.2 Å². The largest absolute Gasteiger partial charge is 0.374 e. The lowest BCUT2D eigenvalue weighted by molar-refractivity contribution is -0.142. The Morgan fingerprint density at radius 1 is 1.00 bits per heavy atom. The number of pyridine rings is 1. The van der Waals surface area contributed by atoms with Gasteiger partial charge in [-0.1, -0.05) is 48.5 Å². The summed E-state index contributed by atoms with van der Waals surface area (Å²) in [4.78, 5) is 57.4. The smallest absolute Gasteiger partial charge is 0.259 e. The SMILES string of the molecule is COC1c2c(c3ccccc3n(CC(=O)c3ccccc3)c2=O)N(C)C1C(=O)NC1CCN(C(=O)C2CCCO2)CC1. The van der Waals surface area contributed by atoms with E-state index in [0.29, 0.717) is 54.9 Å². The fourth-order valence-corrected chi connectivity index (χ4v) is 6.63. The molecule has 1 aromatic heterocycles. The number of fused-ring (bicyclic) bond motifs is 3. The second kappa shape index (κ2) is 11.7. The number of likely N-dealkylation sites (tertiary alicyclic amines) is 1. The molecule has 2 fully saturated rings. The van der Waals surface area contributed by atoms with Gasteiger partial charge < -0.3 is 24.6 Å². The Labute approximate surface area is 244 Å². The molecule has 3 atom stereocenters. The summed E-state index contributed by atoms with van der Waals surface area (Å²) in [5.74, 6) is -0.377. The van der Waals surface area contributed by atoms with Gasteiger partial charge in [0.05, 0.1) is 23.3 Å². The van der Waals surface area contributed by atoms with E-state index in [9.17, 15) is 19.2 Å². The van der Waals surface area contributed by atoms with Crippen LogP contribution in [0.5, 0.6) is 0 Å². The quantitative estimate of drug-likeness (QED) is 0.434. The second-order valence-electron chi connectivity index (χ2n) is 11.3. The van der Waals surface area contributed by atoms with E-state index in [4.69, 9.17) is 9.47 Å². The third-order valence-corrected chi connectivity index (χ3v) is 8.80. The summed E-state index contributed by atoms with van der Waals surface area (Å²) < 4.78 is 12.9. The average Bonchev–Trinajstić information content (AvgIpc) is 3.66. The van der Waals surface area contributed by atoms with Crippen LogP contribution in [0.2, 0.25) is 0 Å². The molecule has 6 rings (SSSR count). The van der Waals surface area contributed by atoms with Gasteiger partial charge in [-0.25, -0.2) is 0 Å². The molecular formula is C32H36N4O6. The predicted octanol–water partition coefficient (Wildman–Crippen LogP) is 2.68. The standard InChI is InChI=1S/C32H36N4O6/c1-34-27-22-11-6-7-12-23(22)36(19-24(37)20-9-4-3-5-10-20)32(40)26(27)29(41-2)28(34)30(38)33-21-14-16-35(17-15-21)31(39)25-13-8-18-42-25/h3-7,9-12,21,25,28-29H,8,13-19H2,1-2H3,(H,33,38). The lowest BCUT2D eigenvalue weighted by Crippen LogP contribution is -2.53. The number of nitrogens with one attached hydrogen (secondary N) is 1. The van der Waals surface area contributed by atoms with Crippen LogP contribution in [0.1, 0.15) is 47.7 Å². The summed E-state index contributed by atoms with van der Waals surface area (Å²) in [7, 11) is 3.30. The third kappa shape index (κ3) is 4.98. The van der Waals surface area contributed by atoms with Crippen molar-refractivity contribution in [3.05, 3.63) is 76.1 Å². The number of hydrogen-bond donors (Lipinski definition) is 1. The summed E-state index contributed by atoms with van der Waals surface area (Å²) in [6.45, 7) is 1.62. The van der Waals surface area contributed by atoms with E-state index in [-0.39, 0.29) is 41.8 Å². The highest BCUT2D eigenvalue weighted by molar-refractivity contribution is 6.01. The molecule has 0 saturated carbocycles. The van der Waals surface area contributed by atoms with Crippen LogP contribution < -0.4 is 15.8 Å². The molecule has 0 aliphatic carbocycles. The van der Waals surface area contributed by atoms with Crippen LogP contribution in [-0.2, 0) is 25.6 Å². The van der Waals surface area contributed by atoms with Crippen LogP contribution in [0.3, 0.4) is 0 Å². The van der Waals surface area contributed by atoms with E-state index in [1.165, 1.54) is 11.7 Å². The first-order chi connectivity index (χ1) is 20.4.